The van der Waals surface area contributed by atoms with Crippen LogP contribution >= 0.6 is 0 Å². The lowest BCUT2D eigenvalue weighted by Gasteiger charge is -2.11. The number of hydrogen-bond donors (Lipinski definition) is 0. The highest BCUT2D eigenvalue weighted by Crippen LogP contribution is 2.38. The van der Waals surface area contributed by atoms with Crippen molar-refractivity contribution in [2.24, 2.45) is 0 Å². The van der Waals surface area contributed by atoms with Gasteiger partial charge in [-0.3, -0.25) is 9.38 Å². The van der Waals surface area contributed by atoms with E-state index in [0.717, 1.165) is 38.8 Å². The zero-order valence-electron chi connectivity index (χ0n) is 18.2. The van der Waals surface area contributed by atoms with Crippen LogP contribution in [0, 0.1) is 0 Å². The van der Waals surface area contributed by atoms with Gasteiger partial charge in [0.05, 0.1) is 27.6 Å². The number of fused-ring (bicyclic) bond motifs is 11. The number of aromatic nitrogens is 4. The number of rotatable bonds is 1. The molecule has 0 aliphatic heterocycles. The molecule has 158 valence electrons. The van der Waals surface area contributed by atoms with Crippen molar-refractivity contribution in [1.82, 2.24) is 18.9 Å². The van der Waals surface area contributed by atoms with Crippen LogP contribution in [-0.2, 0) is 0 Å². The van der Waals surface area contributed by atoms with Gasteiger partial charge in [0.25, 0.3) is 0 Å². The molecule has 4 aromatic carbocycles. The van der Waals surface area contributed by atoms with Crippen molar-refractivity contribution in [2.75, 3.05) is 0 Å². The third kappa shape index (κ3) is 2.22. The van der Waals surface area contributed by atoms with Gasteiger partial charge in [-0.15, -0.1) is 0 Å². The van der Waals surface area contributed by atoms with Crippen molar-refractivity contribution >= 4 is 60.3 Å². The molecule has 8 aromatic rings. The average molecular weight is 435 g/mol. The zero-order chi connectivity index (χ0) is 22.2. The van der Waals surface area contributed by atoms with Gasteiger partial charge < -0.3 is 4.57 Å². The summed E-state index contributed by atoms with van der Waals surface area (Å²) in [5.41, 5.74) is 8.60. The highest BCUT2D eigenvalue weighted by atomic mass is 15.0. The first-order valence-corrected chi connectivity index (χ1v) is 11.4. The minimum Gasteiger partial charge on any atom is -0.309 e. The Bertz CT molecular complexity index is 2060. The van der Waals surface area contributed by atoms with Crippen LogP contribution in [0.4, 0.5) is 0 Å². The van der Waals surface area contributed by atoms with Gasteiger partial charge in [0.15, 0.2) is 5.65 Å². The van der Waals surface area contributed by atoms with Crippen LogP contribution in [0.1, 0.15) is 0 Å². The smallest absolute Gasteiger partial charge is 0.165 e. The van der Waals surface area contributed by atoms with E-state index in [2.05, 4.69) is 100.0 Å². The Morgan fingerprint density at radius 2 is 1.24 bits per heavy atom. The molecular weight excluding hydrogens is 416 g/mol. The maximum atomic E-state index is 4.98. The van der Waals surface area contributed by atoms with E-state index in [-0.39, 0.29) is 0 Å². The molecule has 0 spiro atoms. The van der Waals surface area contributed by atoms with Crippen LogP contribution in [-0.4, -0.2) is 18.9 Å². The molecule has 0 unspecified atom stereocenters. The molecule has 0 atom stereocenters. The number of benzene rings is 4. The summed E-state index contributed by atoms with van der Waals surface area (Å²) in [4.78, 5) is 9.75. The lowest BCUT2D eigenvalue weighted by atomic mass is 10.1. The average Bonchev–Trinajstić information content (AvgIpc) is 3.44. The monoisotopic (exact) mass is 434 g/mol. The molecule has 0 amide bonds. The van der Waals surface area contributed by atoms with Crippen molar-refractivity contribution in [2.45, 2.75) is 0 Å². The summed E-state index contributed by atoms with van der Waals surface area (Å²) in [6, 6.07) is 36.4. The topological polar surface area (TPSA) is 35.1 Å². The van der Waals surface area contributed by atoms with E-state index in [1.807, 2.05) is 18.3 Å². The molecule has 4 heterocycles. The van der Waals surface area contributed by atoms with Crippen LogP contribution in [0.5, 0.6) is 0 Å². The molecule has 8 rings (SSSR count). The van der Waals surface area contributed by atoms with Crippen LogP contribution < -0.4 is 0 Å². The molecule has 4 aromatic heterocycles. The molecule has 0 radical (unpaired) electrons. The lowest BCUT2D eigenvalue weighted by molar-refractivity contribution is 1.18. The Balaban J connectivity index is 1.68. The molecule has 4 heteroatoms. The molecule has 0 saturated heterocycles. The van der Waals surface area contributed by atoms with Crippen LogP contribution in [0.2, 0.25) is 0 Å². The Morgan fingerprint density at radius 1 is 0.529 bits per heavy atom. The molecule has 0 saturated carbocycles. The summed E-state index contributed by atoms with van der Waals surface area (Å²) in [7, 11) is 0. The maximum absolute atomic E-state index is 4.98. The van der Waals surface area contributed by atoms with Gasteiger partial charge in [-0.2, -0.15) is 0 Å². The lowest BCUT2D eigenvalue weighted by Crippen LogP contribution is -1.95. The number of pyridine rings is 2. The van der Waals surface area contributed by atoms with Gasteiger partial charge in [-0.1, -0.05) is 54.6 Å². The van der Waals surface area contributed by atoms with Gasteiger partial charge in [-0.05, 0) is 48.5 Å². The summed E-state index contributed by atoms with van der Waals surface area (Å²) in [5.74, 6) is 0. The fourth-order valence-electron chi connectivity index (χ4n) is 5.49. The SMILES string of the molecule is c1ccc(-n2c3ccccc3c3cc4c(cc32)c2cccnc2c2nc3ccccc3n42)cc1. The summed E-state index contributed by atoms with van der Waals surface area (Å²) in [6.07, 6.45) is 1.85. The molecule has 0 aliphatic carbocycles. The fraction of sp³-hybridized carbons (Fsp3) is 0. The molecule has 4 nitrogen and oxygen atoms in total. The van der Waals surface area contributed by atoms with Gasteiger partial charge in [0, 0.05) is 33.4 Å². The second-order valence-electron chi connectivity index (χ2n) is 8.73. The third-order valence-electron chi connectivity index (χ3n) is 6.92. The molecular formula is C30H18N4. The first-order valence-electron chi connectivity index (χ1n) is 11.4. The van der Waals surface area contributed by atoms with Crippen LogP contribution in [0.3, 0.4) is 0 Å². The standard InChI is InChI=1S/C30H18N4/c1-2-9-19(10-3-1)33-25-14-6-4-11-20(25)22-17-28-23(18-27(22)33)21-12-8-16-31-29(21)30-32-24-13-5-7-15-26(24)34(28)30/h1-18H. The zero-order valence-corrected chi connectivity index (χ0v) is 18.2. The number of hydrogen-bond acceptors (Lipinski definition) is 2. The van der Waals surface area contributed by atoms with E-state index in [1.54, 1.807) is 0 Å². The van der Waals surface area contributed by atoms with E-state index >= 15 is 0 Å². The largest absolute Gasteiger partial charge is 0.309 e. The van der Waals surface area contributed by atoms with Crippen molar-refractivity contribution < 1.29 is 0 Å². The van der Waals surface area contributed by atoms with Crippen molar-refractivity contribution in [3.63, 3.8) is 0 Å². The first kappa shape index (κ1) is 17.8. The quantitative estimate of drug-likeness (QED) is 0.254. The Morgan fingerprint density at radius 3 is 2.15 bits per heavy atom. The van der Waals surface area contributed by atoms with Gasteiger partial charge in [0.2, 0.25) is 0 Å². The highest BCUT2D eigenvalue weighted by molar-refractivity contribution is 6.19. The summed E-state index contributed by atoms with van der Waals surface area (Å²) in [5, 5.41) is 4.76. The van der Waals surface area contributed by atoms with E-state index in [4.69, 9.17) is 9.97 Å². The second kappa shape index (κ2) is 6.42. The predicted octanol–water partition coefficient (Wildman–Crippen LogP) is 7.29. The minimum atomic E-state index is 0.899. The number of imidazole rings is 1. The van der Waals surface area contributed by atoms with Crippen molar-refractivity contribution in [3.8, 4) is 5.69 Å². The summed E-state index contributed by atoms with van der Waals surface area (Å²) < 4.78 is 4.64. The van der Waals surface area contributed by atoms with E-state index in [1.165, 1.54) is 27.2 Å². The summed E-state index contributed by atoms with van der Waals surface area (Å²) >= 11 is 0. The van der Waals surface area contributed by atoms with E-state index in [9.17, 15) is 0 Å². The van der Waals surface area contributed by atoms with Crippen LogP contribution in [0.15, 0.2) is 109 Å². The molecule has 0 bridgehead atoms. The second-order valence-corrected chi connectivity index (χ2v) is 8.73. The van der Waals surface area contributed by atoms with E-state index < -0.39 is 0 Å². The van der Waals surface area contributed by atoms with Crippen molar-refractivity contribution in [1.29, 1.82) is 0 Å². The molecule has 0 N–H and O–H groups in total. The normalized spacial score (nSPS) is 12.1. The Hall–Kier alpha value is -4.70. The molecule has 0 aliphatic rings. The Labute approximate surface area is 194 Å². The molecule has 0 fully saturated rings. The van der Waals surface area contributed by atoms with E-state index in [0.29, 0.717) is 0 Å². The van der Waals surface area contributed by atoms with Gasteiger partial charge in [-0.25, -0.2) is 4.98 Å². The molecule has 34 heavy (non-hydrogen) atoms. The number of para-hydroxylation sites is 4. The first-order chi connectivity index (χ1) is 16.9. The minimum absolute atomic E-state index is 0.899. The highest BCUT2D eigenvalue weighted by Gasteiger charge is 2.18. The van der Waals surface area contributed by atoms with Gasteiger partial charge >= 0.3 is 0 Å². The van der Waals surface area contributed by atoms with Crippen LogP contribution in [0.25, 0.3) is 66.0 Å². The summed E-state index contributed by atoms with van der Waals surface area (Å²) in [6.45, 7) is 0. The number of nitrogens with zero attached hydrogens (tertiary/aromatic N) is 4. The third-order valence-corrected chi connectivity index (χ3v) is 6.92. The van der Waals surface area contributed by atoms with Gasteiger partial charge in [0.1, 0.15) is 5.52 Å². The fourth-order valence-corrected chi connectivity index (χ4v) is 5.49. The Kier molecular flexibility index (Phi) is 3.36. The predicted molar refractivity (Wildman–Crippen MR) is 140 cm³/mol. The van der Waals surface area contributed by atoms with Crippen molar-refractivity contribution in [3.05, 3.63) is 109 Å². The maximum Gasteiger partial charge on any atom is 0.165 e.